The van der Waals surface area contributed by atoms with Crippen LogP contribution in [0, 0.1) is 10.1 Å². The standard InChI is InChI=1S/C10H8N4O4/c15-9-8(14(17)18)6-13(10(16)12-9)5-7-2-1-3-11-4-7/h1-4,6H,5H2,(H,12,15,16). The zero-order valence-corrected chi connectivity index (χ0v) is 9.07. The molecule has 2 aromatic rings. The lowest BCUT2D eigenvalue weighted by atomic mass is 10.3. The Labute approximate surface area is 99.7 Å². The summed E-state index contributed by atoms with van der Waals surface area (Å²) in [6, 6.07) is 3.40. The van der Waals surface area contributed by atoms with Gasteiger partial charge in [0.05, 0.1) is 17.7 Å². The summed E-state index contributed by atoms with van der Waals surface area (Å²) < 4.78 is 1.05. The van der Waals surface area contributed by atoms with E-state index in [0.29, 0.717) is 5.56 Å². The number of nitrogens with one attached hydrogen (secondary N) is 1. The lowest BCUT2D eigenvalue weighted by molar-refractivity contribution is -0.386. The van der Waals surface area contributed by atoms with Crippen molar-refractivity contribution < 1.29 is 4.92 Å². The Hall–Kier alpha value is -2.77. The van der Waals surface area contributed by atoms with E-state index < -0.39 is 21.9 Å². The first kappa shape index (κ1) is 11.7. The third-order valence-electron chi connectivity index (χ3n) is 2.26. The summed E-state index contributed by atoms with van der Waals surface area (Å²) in [5.41, 5.74) is -1.68. The fraction of sp³-hybridized carbons (Fsp3) is 0.100. The molecule has 92 valence electrons. The number of aromatic amines is 1. The maximum Gasteiger partial charge on any atom is 0.350 e. The molecule has 0 aliphatic carbocycles. The Morgan fingerprint density at radius 1 is 1.44 bits per heavy atom. The van der Waals surface area contributed by atoms with Crippen molar-refractivity contribution in [2.24, 2.45) is 0 Å². The summed E-state index contributed by atoms with van der Waals surface area (Å²) >= 11 is 0. The minimum Gasteiger partial charge on any atom is -0.289 e. The van der Waals surface area contributed by atoms with Crippen molar-refractivity contribution in [3.8, 4) is 0 Å². The number of hydrogen-bond donors (Lipinski definition) is 1. The van der Waals surface area contributed by atoms with Crippen LogP contribution in [-0.4, -0.2) is 19.5 Å². The summed E-state index contributed by atoms with van der Waals surface area (Å²) in [6.45, 7) is 0.101. The second kappa shape index (κ2) is 4.62. The Kier molecular flexibility index (Phi) is 3.00. The third kappa shape index (κ3) is 2.32. The highest BCUT2D eigenvalue weighted by molar-refractivity contribution is 5.21. The van der Waals surface area contributed by atoms with Gasteiger partial charge >= 0.3 is 16.9 Å². The first-order valence-corrected chi connectivity index (χ1v) is 4.95. The van der Waals surface area contributed by atoms with Crippen molar-refractivity contribution in [2.75, 3.05) is 0 Å². The Morgan fingerprint density at radius 2 is 2.22 bits per heavy atom. The predicted octanol–water partition coefficient (Wildman–Crippen LogP) is -0.112. The minimum absolute atomic E-state index is 0.101. The molecule has 0 spiro atoms. The van der Waals surface area contributed by atoms with Gasteiger partial charge in [-0.1, -0.05) is 6.07 Å². The molecular formula is C10H8N4O4. The van der Waals surface area contributed by atoms with Gasteiger partial charge in [0.15, 0.2) is 0 Å². The molecule has 0 radical (unpaired) electrons. The molecule has 0 amide bonds. The van der Waals surface area contributed by atoms with Crippen LogP contribution < -0.4 is 11.2 Å². The molecule has 0 unspecified atom stereocenters. The van der Waals surface area contributed by atoms with Gasteiger partial charge in [-0.15, -0.1) is 0 Å². The molecule has 0 saturated carbocycles. The first-order chi connectivity index (χ1) is 8.58. The average Bonchev–Trinajstić information content (AvgIpc) is 2.33. The molecule has 0 aliphatic rings. The predicted molar refractivity (Wildman–Crippen MR) is 61.3 cm³/mol. The highest BCUT2D eigenvalue weighted by Gasteiger charge is 2.14. The van der Waals surface area contributed by atoms with Crippen LogP contribution in [-0.2, 0) is 6.54 Å². The first-order valence-electron chi connectivity index (χ1n) is 4.95. The lowest BCUT2D eigenvalue weighted by Gasteiger charge is -2.03. The van der Waals surface area contributed by atoms with E-state index >= 15 is 0 Å². The zero-order chi connectivity index (χ0) is 13.1. The van der Waals surface area contributed by atoms with Gasteiger partial charge in [0.25, 0.3) is 0 Å². The molecule has 0 fully saturated rings. The van der Waals surface area contributed by atoms with E-state index in [1.165, 1.54) is 6.20 Å². The topological polar surface area (TPSA) is 111 Å². The molecule has 0 saturated heterocycles. The van der Waals surface area contributed by atoms with Gasteiger partial charge in [-0.2, -0.15) is 0 Å². The normalized spacial score (nSPS) is 10.2. The molecule has 2 heterocycles. The summed E-state index contributed by atoms with van der Waals surface area (Å²) in [5, 5.41) is 10.6. The summed E-state index contributed by atoms with van der Waals surface area (Å²) in [4.78, 5) is 38.2. The second-order valence-electron chi connectivity index (χ2n) is 3.52. The number of rotatable bonds is 3. The van der Waals surface area contributed by atoms with Crippen LogP contribution in [0.25, 0.3) is 0 Å². The Balaban J connectivity index is 2.46. The fourth-order valence-electron chi connectivity index (χ4n) is 1.43. The zero-order valence-electron chi connectivity index (χ0n) is 9.07. The Bertz CT molecular complexity index is 689. The molecule has 0 aliphatic heterocycles. The van der Waals surface area contributed by atoms with E-state index in [4.69, 9.17) is 0 Å². The van der Waals surface area contributed by atoms with Gasteiger partial charge in [0, 0.05) is 12.4 Å². The van der Waals surface area contributed by atoms with Gasteiger partial charge < -0.3 is 0 Å². The van der Waals surface area contributed by atoms with Crippen LogP contribution in [0.2, 0.25) is 0 Å². The maximum atomic E-state index is 11.5. The smallest absolute Gasteiger partial charge is 0.289 e. The van der Waals surface area contributed by atoms with Gasteiger partial charge in [-0.25, -0.2) is 4.79 Å². The van der Waals surface area contributed by atoms with Crippen LogP contribution in [0.4, 0.5) is 5.69 Å². The van der Waals surface area contributed by atoms with Crippen molar-refractivity contribution in [3.63, 3.8) is 0 Å². The lowest BCUT2D eigenvalue weighted by Crippen LogP contribution is -2.31. The summed E-state index contributed by atoms with van der Waals surface area (Å²) in [6.07, 6.45) is 4.03. The quantitative estimate of drug-likeness (QED) is 0.601. The highest BCUT2D eigenvalue weighted by atomic mass is 16.6. The largest absolute Gasteiger partial charge is 0.350 e. The number of H-pyrrole nitrogens is 1. The van der Waals surface area contributed by atoms with Gasteiger partial charge in [0.1, 0.15) is 0 Å². The molecule has 18 heavy (non-hydrogen) atoms. The van der Waals surface area contributed by atoms with Gasteiger partial charge in [-0.05, 0) is 11.6 Å². The summed E-state index contributed by atoms with van der Waals surface area (Å²) in [5.74, 6) is 0. The molecule has 8 nitrogen and oxygen atoms in total. The second-order valence-corrected chi connectivity index (χ2v) is 3.52. The van der Waals surface area contributed by atoms with Crippen molar-refractivity contribution in [2.45, 2.75) is 6.54 Å². The average molecular weight is 248 g/mol. The molecule has 2 aromatic heterocycles. The number of hydrogen-bond acceptors (Lipinski definition) is 5. The fourth-order valence-corrected chi connectivity index (χ4v) is 1.43. The SMILES string of the molecule is O=c1[nH]c(=O)n(Cc2cccnc2)cc1[N+](=O)[O-]. The molecule has 0 atom stereocenters. The molecular weight excluding hydrogens is 240 g/mol. The summed E-state index contributed by atoms with van der Waals surface area (Å²) in [7, 11) is 0. The molecule has 0 aromatic carbocycles. The minimum atomic E-state index is -1.01. The number of nitrogens with zero attached hydrogens (tertiary/aromatic N) is 3. The van der Waals surface area contributed by atoms with Crippen LogP contribution in [0.3, 0.4) is 0 Å². The monoisotopic (exact) mass is 248 g/mol. The van der Waals surface area contributed by atoms with Gasteiger partial charge in [0.2, 0.25) is 0 Å². The van der Waals surface area contributed by atoms with Crippen molar-refractivity contribution in [1.82, 2.24) is 14.5 Å². The van der Waals surface area contributed by atoms with E-state index in [0.717, 1.165) is 10.8 Å². The van der Waals surface area contributed by atoms with Crippen LogP contribution in [0.1, 0.15) is 5.56 Å². The van der Waals surface area contributed by atoms with E-state index in [1.807, 2.05) is 4.98 Å². The highest BCUT2D eigenvalue weighted by Crippen LogP contribution is 2.02. The van der Waals surface area contributed by atoms with Crippen molar-refractivity contribution >= 4 is 5.69 Å². The Morgan fingerprint density at radius 3 is 2.83 bits per heavy atom. The van der Waals surface area contributed by atoms with Crippen LogP contribution in [0.5, 0.6) is 0 Å². The van der Waals surface area contributed by atoms with E-state index in [-0.39, 0.29) is 6.54 Å². The van der Waals surface area contributed by atoms with Crippen molar-refractivity contribution in [3.05, 3.63) is 67.2 Å². The molecule has 1 N–H and O–H groups in total. The van der Waals surface area contributed by atoms with E-state index in [2.05, 4.69) is 4.98 Å². The molecule has 0 bridgehead atoms. The number of pyridine rings is 1. The van der Waals surface area contributed by atoms with Crippen LogP contribution >= 0.6 is 0 Å². The molecule has 2 rings (SSSR count). The number of nitro groups is 1. The van der Waals surface area contributed by atoms with Gasteiger partial charge in [-0.3, -0.25) is 29.4 Å². The number of aromatic nitrogens is 3. The van der Waals surface area contributed by atoms with E-state index in [9.17, 15) is 19.7 Å². The third-order valence-corrected chi connectivity index (χ3v) is 2.26. The van der Waals surface area contributed by atoms with E-state index in [1.54, 1.807) is 18.3 Å². The molecule has 8 heteroatoms. The van der Waals surface area contributed by atoms with Crippen molar-refractivity contribution in [1.29, 1.82) is 0 Å². The van der Waals surface area contributed by atoms with Crippen LogP contribution in [0.15, 0.2) is 40.3 Å². The maximum absolute atomic E-state index is 11.5.